The Morgan fingerprint density at radius 2 is 1.52 bits per heavy atom. The molecule has 0 bridgehead atoms. The second-order valence-corrected chi connectivity index (χ2v) is 17.7. The summed E-state index contributed by atoms with van der Waals surface area (Å²) >= 11 is 0. The van der Waals surface area contributed by atoms with Gasteiger partial charge < -0.3 is 4.74 Å². The number of hydrogen-bond donors (Lipinski definition) is 0. The van der Waals surface area contributed by atoms with Crippen molar-refractivity contribution in [3.63, 3.8) is 0 Å². The summed E-state index contributed by atoms with van der Waals surface area (Å²) in [5.41, 5.74) is 4.13. The summed E-state index contributed by atoms with van der Waals surface area (Å²) in [7, 11) is 0. The zero-order valence-corrected chi connectivity index (χ0v) is 32.5. The second kappa shape index (κ2) is 19.2. The van der Waals surface area contributed by atoms with Crippen LogP contribution in [0.2, 0.25) is 0 Å². The number of rotatable bonds is 20. The minimum absolute atomic E-state index is 0.0536. The van der Waals surface area contributed by atoms with Crippen molar-refractivity contribution in [1.29, 1.82) is 0 Å². The summed E-state index contributed by atoms with van der Waals surface area (Å²) in [6, 6.07) is 0. The van der Waals surface area contributed by atoms with E-state index in [0.717, 1.165) is 55.8 Å². The Bertz CT molecular complexity index is 1090. The third-order valence-electron chi connectivity index (χ3n) is 14.2. The van der Waals surface area contributed by atoms with Gasteiger partial charge >= 0.3 is 5.97 Å². The van der Waals surface area contributed by atoms with Gasteiger partial charge in [-0.2, -0.15) is 0 Å². The number of allylic oxidation sites excluding steroid dienone is 7. The van der Waals surface area contributed by atoms with Crippen LogP contribution in [0, 0.1) is 46.3 Å². The molecule has 4 rings (SSSR count). The predicted octanol–water partition coefficient (Wildman–Crippen LogP) is 13.9. The first kappa shape index (κ1) is 39.2. The lowest BCUT2D eigenvalue weighted by Gasteiger charge is -2.58. The molecule has 0 spiro atoms. The zero-order chi connectivity index (χ0) is 34.6. The zero-order valence-electron chi connectivity index (χ0n) is 32.5. The quantitative estimate of drug-likeness (QED) is 0.0738. The normalized spacial score (nSPS) is 32.2. The molecule has 0 aromatic heterocycles. The molecule has 0 saturated heterocycles. The average molecular weight is 661 g/mol. The van der Waals surface area contributed by atoms with Crippen LogP contribution in [0.15, 0.2) is 48.1 Å². The highest BCUT2D eigenvalue weighted by atomic mass is 16.5. The van der Waals surface area contributed by atoms with E-state index in [0.29, 0.717) is 29.1 Å². The van der Waals surface area contributed by atoms with E-state index in [1.807, 2.05) is 5.57 Å². The predicted molar refractivity (Wildman–Crippen MR) is 207 cm³/mol. The van der Waals surface area contributed by atoms with E-state index >= 15 is 0 Å². The highest BCUT2D eigenvalue weighted by Gasteiger charge is 2.58. The molecular formula is C46H76O2. The highest BCUT2D eigenvalue weighted by Crippen LogP contribution is 2.67. The fourth-order valence-electron chi connectivity index (χ4n) is 10.8. The molecule has 0 aromatic rings. The molecule has 2 nitrogen and oxygen atoms in total. The van der Waals surface area contributed by atoms with Crippen LogP contribution in [-0.2, 0) is 9.53 Å². The van der Waals surface area contributed by atoms with E-state index in [1.54, 1.807) is 0 Å². The Balaban J connectivity index is 1.14. The van der Waals surface area contributed by atoms with Crippen LogP contribution in [0.25, 0.3) is 0 Å². The Hall–Kier alpha value is -1.57. The highest BCUT2D eigenvalue weighted by molar-refractivity contribution is 5.69. The van der Waals surface area contributed by atoms with Crippen LogP contribution in [0.3, 0.4) is 0 Å². The summed E-state index contributed by atoms with van der Waals surface area (Å²) < 4.78 is 6.14. The van der Waals surface area contributed by atoms with Gasteiger partial charge in [0.2, 0.25) is 0 Å². The maximum absolute atomic E-state index is 12.8. The third kappa shape index (κ3) is 10.2. The number of ether oxygens (including phenoxy) is 1. The van der Waals surface area contributed by atoms with E-state index in [-0.39, 0.29) is 12.1 Å². The molecular weight excluding hydrogens is 585 g/mol. The SMILES string of the molecule is C=C(CCC(C)C1CCC2C3=CCC4CC(OC(=O)CCCCCCCC=CCC=CCCCCC)CCC4(C)C3CCC21C)C(C)C. The Morgan fingerprint density at radius 1 is 0.854 bits per heavy atom. The first-order chi connectivity index (χ1) is 23.1. The maximum Gasteiger partial charge on any atom is 0.306 e. The van der Waals surface area contributed by atoms with Crippen LogP contribution in [-0.4, -0.2) is 12.1 Å². The molecule has 4 aliphatic carbocycles. The molecule has 8 unspecified atom stereocenters. The van der Waals surface area contributed by atoms with Crippen LogP contribution in [0.1, 0.15) is 183 Å². The van der Waals surface area contributed by atoms with Gasteiger partial charge in [-0.1, -0.05) is 122 Å². The monoisotopic (exact) mass is 661 g/mol. The van der Waals surface area contributed by atoms with Gasteiger partial charge in [0, 0.05) is 6.42 Å². The number of fused-ring (bicyclic) bond motifs is 5. The smallest absolute Gasteiger partial charge is 0.306 e. The van der Waals surface area contributed by atoms with Crippen molar-refractivity contribution in [2.24, 2.45) is 46.3 Å². The van der Waals surface area contributed by atoms with Crippen molar-refractivity contribution in [3.8, 4) is 0 Å². The fraction of sp³-hybridized carbons (Fsp3) is 0.804. The summed E-state index contributed by atoms with van der Waals surface area (Å²) in [6.07, 6.45) is 38.7. The molecule has 0 heterocycles. The van der Waals surface area contributed by atoms with Gasteiger partial charge in [0.05, 0.1) is 0 Å². The lowest BCUT2D eigenvalue weighted by molar-refractivity contribution is -0.155. The van der Waals surface area contributed by atoms with E-state index in [1.165, 1.54) is 108 Å². The van der Waals surface area contributed by atoms with Crippen molar-refractivity contribution in [2.45, 2.75) is 189 Å². The Labute approximate surface area is 298 Å². The van der Waals surface area contributed by atoms with Crippen LogP contribution in [0.5, 0.6) is 0 Å². The molecule has 0 aromatic carbocycles. The van der Waals surface area contributed by atoms with Gasteiger partial charge in [0.15, 0.2) is 0 Å². The minimum atomic E-state index is 0.0536. The largest absolute Gasteiger partial charge is 0.462 e. The van der Waals surface area contributed by atoms with Gasteiger partial charge in [-0.3, -0.25) is 4.79 Å². The van der Waals surface area contributed by atoms with Crippen molar-refractivity contribution in [1.82, 2.24) is 0 Å². The molecule has 0 radical (unpaired) electrons. The molecule has 272 valence electrons. The summed E-state index contributed by atoms with van der Waals surface area (Å²) in [5, 5.41) is 0. The maximum atomic E-state index is 12.8. The molecule has 0 aliphatic heterocycles. The first-order valence-electron chi connectivity index (χ1n) is 21.0. The van der Waals surface area contributed by atoms with Crippen molar-refractivity contribution >= 4 is 5.97 Å². The molecule has 3 fully saturated rings. The molecule has 4 aliphatic rings. The number of hydrogen-bond acceptors (Lipinski definition) is 2. The van der Waals surface area contributed by atoms with E-state index < -0.39 is 0 Å². The fourth-order valence-corrected chi connectivity index (χ4v) is 10.8. The molecule has 2 heteroatoms. The van der Waals surface area contributed by atoms with Crippen LogP contribution < -0.4 is 0 Å². The topological polar surface area (TPSA) is 26.3 Å². The van der Waals surface area contributed by atoms with E-state index in [9.17, 15) is 4.79 Å². The number of carbonyl (C=O) groups excluding carboxylic acids is 1. The average Bonchev–Trinajstić information content (AvgIpc) is 3.42. The molecule has 0 amide bonds. The van der Waals surface area contributed by atoms with E-state index in [2.05, 4.69) is 78.5 Å². The third-order valence-corrected chi connectivity index (χ3v) is 14.2. The molecule has 0 N–H and O–H groups in total. The number of carbonyl (C=O) groups is 1. The molecule has 8 atom stereocenters. The molecule has 48 heavy (non-hydrogen) atoms. The molecule has 3 saturated carbocycles. The standard InChI is InChI=1S/C46H76O2/c1-8-9-10-11-12-13-14-15-16-17-18-19-20-21-22-23-44(47)48-39-30-32-45(6)38(34-39)26-27-40-42-29-28-41(46(42,7)33-31-43(40)45)37(5)25-24-36(4)35(2)3/h12-13,15-16,27,35,37-39,41-43H,4,8-11,14,17-26,28-34H2,1-3,5-7H3. The Morgan fingerprint density at radius 3 is 2.25 bits per heavy atom. The van der Waals surface area contributed by atoms with Crippen molar-refractivity contribution in [2.75, 3.05) is 0 Å². The lowest BCUT2D eigenvalue weighted by atomic mass is 9.47. The second-order valence-electron chi connectivity index (χ2n) is 17.7. The summed E-state index contributed by atoms with van der Waals surface area (Å²) in [6.45, 7) is 19.0. The Kier molecular flexibility index (Phi) is 15.6. The summed E-state index contributed by atoms with van der Waals surface area (Å²) in [5.74, 6) is 4.49. The lowest BCUT2D eigenvalue weighted by Crippen LogP contribution is -2.50. The number of unbranched alkanes of at least 4 members (excludes halogenated alkanes) is 8. The van der Waals surface area contributed by atoms with Crippen LogP contribution >= 0.6 is 0 Å². The van der Waals surface area contributed by atoms with Crippen molar-refractivity contribution in [3.05, 3.63) is 48.1 Å². The van der Waals surface area contributed by atoms with Gasteiger partial charge in [-0.05, 0) is 149 Å². The van der Waals surface area contributed by atoms with Gasteiger partial charge in [0.25, 0.3) is 0 Å². The number of esters is 1. The van der Waals surface area contributed by atoms with Crippen LogP contribution in [0.4, 0.5) is 0 Å². The van der Waals surface area contributed by atoms with E-state index in [4.69, 9.17) is 4.74 Å². The van der Waals surface area contributed by atoms with Gasteiger partial charge in [-0.25, -0.2) is 0 Å². The first-order valence-corrected chi connectivity index (χ1v) is 21.0. The van der Waals surface area contributed by atoms with Gasteiger partial charge in [-0.15, -0.1) is 0 Å². The summed E-state index contributed by atoms with van der Waals surface area (Å²) in [4.78, 5) is 12.8. The van der Waals surface area contributed by atoms with Crippen molar-refractivity contribution < 1.29 is 9.53 Å². The minimum Gasteiger partial charge on any atom is -0.462 e. The van der Waals surface area contributed by atoms with Gasteiger partial charge in [0.1, 0.15) is 6.10 Å².